The van der Waals surface area contributed by atoms with Crippen LogP contribution in [0.3, 0.4) is 0 Å². The van der Waals surface area contributed by atoms with Gasteiger partial charge in [0, 0.05) is 21.3 Å². The van der Waals surface area contributed by atoms with Gasteiger partial charge in [-0.2, -0.15) is 0 Å². The molecule has 0 aliphatic rings. The van der Waals surface area contributed by atoms with E-state index in [9.17, 15) is 0 Å². The van der Waals surface area contributed by atoms with Crippen LogP contribution in [0.1, 0.15) is 5.56 Å². The first-order valence-electron chi connectivity index (χ1n) is 6.58. The lowest BCUT2D eigenvalue weighted by atomic mass is 10.2. The molecule has 0 spiro atoms. The summed E-state index contributed by atoms with van der Waals surface area (Å²) in [6, 6.07) is 14.4. The topological polar surface area (TPSA) is 37.8 Å². The fourth-order valence-corrected chi connectivity index (χ4v) is 3.54. The number of rotatable bonds is 4. The zero-order valence-electron chi connectivity index (χ0n) is 11.5. The van der Waals surface area contributed by atoms with Crippen molar-refractivity contribution >= 4 is 38.6 Å². The Morgan fingerprint density at radius 1 is 1.14 bits per heavy atom. The molecule has 1 N–H and O–H groups in total. The molecule has 3 nitrogen and oxygen atoms in total. The number of aromatic nitrogens is 2. The lowest BCUT2D eigenvalue weighted by molar-refractivity contribution is 0.802. The molecule has 0 unspecified atom stereocenters. The Bertz CT molecular complexity index is 771. The first-order chi connectivity index (χ1) is 10.3. The summed E-state index contributed by atoms with van der Waals surface area (Å²) >= 11 is 5.21. The Balaban J connectivity index is 2.02. The standard InChI is InChI=1S/C16H14BrN3S/c1-18-9-11-8-12(17)6-7-15(11)21-16-13-4-2-3-5-14(13)19-10-20-16/h2-8,10,18H,9H2,1H3. The van der Waals surface area contributed by atoms with E-state index in [-0.39, 0.29) is 0 Å². The van der Waals surface area contributed by atoms with Crippen LogP contribution in [0.4, 0.5) is 0 Å². The number of fused-ring (bicyclic) bond motifs is 1. The minimum Gasteiger partial charge on any atom is -0.316 e. The summed E-state index contributed by atoms with van der Waals surface area (Å²) in [5, 5.41) is 5.28. The highest BCUT2D eigenvalue weighted by molar-refractivity contribution is 9.10. The van der Waals surface area contributed by atoms with E-state index < -0.39 is 0 Å². The van der Waals surface area contributed by atoms with Crippen molar-refractivity contribution in [1.82, 2.24) is 15.3 Å². The maximum absolute atomic E-state index is 4.45. The van der Waals surface area contributed by atoms with E-state index in [1.807, 2.05) is 25.2 Å². The number of nitrogens with one attached hydrogen (secondary N) is 1. The molecule has 5 heteroatoms. The second-order valence-corrected chi connectivity index (χ2v) is 6.53. The lowest BCUT2D eigenvalue weighted by Crippen LogP contribution is -2.06. The maximum Gasteiger partial charge on any atom is 0.117 e. The maximum atomic E-state index is 4.45. The molecule has 0 amide bonds. The van der Waals surface area contributed by atoms with E-state index in [1.54, 1.807) is 18.1 Å². The molecule has 2 aromatic carbocycles. The zero-order chi connectivity index (χ0) is 14.7. The van der Waals surface area contributed by atoms with E-state index >= 15 is 0 Å². The Morgan fingerprint density at radius 2 is 2.00 bits per heavy atom. The fourth-order valence-electron chi connectivity index (χ4n) is 2.14. The minimum atomic E-state index is 0.824. The van der Waals surface area contributed by atoms with Crippen LogP contribution < -0.4 is 5.32 Å². The molecule has 0 saturated carbocycles. The van der Waals surface area contributed by atoms with Gasteiger partial charge in [0.1, 0.15) is 11.4 Å². The van der Waals surface area contributed by atoms with Gasteiger partial charge in [-0.15, -0.1) is 0 Å². The van der Waals surface area contributed by atoms with Crippen LogP contribution in [0, 0.1) is 0 Å². The van der Waals surface area contributed by atoms with Gasteiger partial charge in [-0.1, -0.05) is 45.9 Å². The summed E-state index contributed by atoms with van der Waals surface area (Å²) in [5.74, 6) is 0. The minimum absolute atomic E-state index is 0.824. The Hall–Kier alpha value is -1.43. The molecule has 0 aliphatic heterocycles. The summed E-state index contributed by atoms with van der Waals surface area (Å²) in [7, 11) is 1.95. The van der Waals surface area contributed by atoms with E-state index in [2.05, 4.69) is 55.5 Å². The van der Waals surface area contributed by atoms with Crippen LogP contribution in [0.15, 0.2) is 63.2 Å². The molecule has 1 aromatic heterocycles. The van der Waals surface area contributed by atoms with Gasteiger partial charge >= 0.3 is 0 Å². The first-order valence-corrected chi connectivity index (χ1v) is 8.19. The van der Waals surface area contributed by atoms with Gasteiger partial charge in [0.25, 0.3) is 0 Å². The van der Waals surface area contributed by atoms with Gasteiger partial charge < -0.3 is 5.32 Å². The SMILES string of the molecule is CNCc1cc(Br)ccc1Sc1ncnc2ccccc12. The highest BCUT2D eigenvalue weighted by Crippen LogP contribution is 2.34. The number of halogens is 1. The van der Waals surface area contributed by atoms with Crippen molar-refractivity contribution in [3.05, 3.63) is 58.8 Å². The predicted molar refractivity (Wildman–Crippen MR) is 90.6 cm³/mol. The van der Waals surface area contributed by atoms with E-state index in [1.165, 1.54) is 10.5 Å². The van der Waals surface area contributed by atoms with Crippen molar-refractivity contribution in [2.24, 2.45) is 0 Å². The van der Waals surface area contributed by atoms with Crippen molar-refractivity contribution in [3.63, 3.8) is 0 Å². The van der Waals surface area contributed by atoms with Gasteiger partial charge in [0.2, 0.25) is 0 Å². The average molecular weight is 360 g/mol. The van der Waals surface area contributed by atoms with Crippen LogP contribution in [0.2, 0.25) is 0 Å². The Kier molecular flexibility index (Phi) is 4.53. The summed E-state index contributed by atoms with van der Waals surface area (Å²) in [5.41, 5.74) is 2.22. The zero-order valence-corrected chi connectivity index (χ0v) is 13.9. The molecule has 1 heterocycles. The summed E-state index contributed by atoms with van der Waals surface area (Å²) in [6.45, 7) is 0.824. The number of hydrogen-bond acceptors (Lipinski definition) is 4. The largest absolute Gasteiger partial charge is 0.316 e. The molecule has 3 aromatic rings. The van der Waals surface area contributed by atoms with Crippen LogP contribution in [0.25, 0.3) is 10.9 Å². The third kappa shape index (κ3) is 3.26. The van der Waals surface area contributed by atoms with Crippen LogP contribution in [-0.2, 0) is 6.54 Å². The molecular weight excluding hydrogens is 346 g/mol. The normalized spacial score (nSPS) is 11.0. The summed E-state index contributed by atoms with van der Waals surface area (Å²) < 4.78 is 1.09. The highest BCUT2D eigenvalue weighted by atomic mass is 79.9. The van der Waals surface area contributed by atoms with Gasteiger partial charge in [0.15, 0.2) is 0 Å². The molecule has 0 atom stereocenters. The van der Waals surface area contributed by atoms with Crippen LogP contribution >= 0.6 is 27.7 Å². The van der Waals surface area contributed by atoms with Crippen molar-refractivity contribution in [3.8, 4) is 0 Å². The molecular formula is C16H14BrN3S. The number of para-hydroxylation sites is 1. The second kappa shape index (κ2) is 6.56. The quantitative estimate of drug-likeness (QED) is 0.706. The Morgan fingerprint density at radius 3 is 2.86 bits per heavy atom. The number of nitrogens with zero attached hydrogens (tertiary/aromatic N) is 2. The predicted octanol–water partition coefficient (Wildman–Crippen LogP) is 4.26. The molecule has 0 saturated heterocycles. The molecule has 0 aliphatic carbocycles. The van der Waals surface area contributed by atoms with E-state index in [4.69, 9.17) is 0 Å². The molecule has 21 heavy (non-hydrogen) atoms. The lowest BCUT2D eigenvalue weighted by Gasteiger charge is -2.10. The summed E-state index contributed by atoms with van der Waals surface area (Å²) in [6.07, 6.45) is 1.63. The molecule has 0 fully saturated rings. The fraction of sp³-hybridized carbons (Fsp3) is 0.125. The summed E-state index contributed by atoms with van der Waals surface area (Å²) in [4.78, 5) is 9.96. The smallest absolute Gasteiger partial charge is 0.117 e. The number of benzene rings is 2. The van der Waals surface area contributed by atoms with Crippen molar-refractivity contribution in [2.45, 2.75) is 16.5 Å². The third-order valence-electron chi connectivity index (χ3n) is 3.10. The first kappa shape index (κ1) is 14.5. The van der Waals surface area contributed by atoms with E-state index in [0.29, 0.717) is 0 Å². The second-order valence-electron chi connectivity index (χ2n) is 4.58. The monoisotopic (exact) mass is 359 g/mol. The third-order valence-corrected chi connectivity index (χ3v) is 4.73. The van der Waals surface area contributed by atoms with Crippen LogP contribution in [0.5, 0.6) is 0 Å². The van der Waals surface area contributed by atoms with Crippen LogP contribution in [-0.4, -0.2) is 17.0 Å². The van der Waals surface area contributed by atoms with Crippen molar-refractivity contribution < 1.29 is 0 Å². The Labute approximate surface area is 136 Å². The molecule has 3 rings (SSSR count). The van der Waals surface area contributed by atoms with Gasteiger partial charge in [-0.25, -0.2) is 9.97 Å². The molecule has 0 radical (unpaired) electrons. The van der Waals surface area contributed by atoms with Crippen molar-refractivity contribution in [2.75, 3.05) is 7.05 Å². The van der Waals surface area contributed by atoms with E-state index in [0.717, 1.165) is 26.9 Å². The van der Waals surface area contributed by atoms with Crippen molar-refractivity contribution in [1.29, 1.82) is 0 Å². The van der Waals surface area contributed by atoms with Gasteiger partial charge in [-0.3, -0.25) is 0 Å². The average Bonchev–Trinajstić information content (AvgIpc) is 2.50. The number of hydrogen-bond donors (Lipinski definition) is 1. The highest BCUT2D eigenvalue weighted by Gasteiger charge is 2.09. The van der Waals surface area contributed by atoms with Gasteiger partial charge in [-0.05, 0) is 36.9 Å². The molecule has 0 bridgehead atoms. The molecule has 106 valence electrons. The van der Waals surface area contributed by atoms with Gasteiger partial charge in [0.05, 0.1) is 5.52 Å².